The van der Waals surface area contributed by atoms with Crippen LogP contribution in [0.25, 0.3) is 0 Å². The minimum atomic E-state index is -4.19. The summed E-state index contributed by atoms with van der Waals surface area (Å²) in [6.45, 7) is 1.06. The van der Waals surface area contributed by atoms with Gasteiger partial charge in [-0.05, 0) is 85.3 Å². The number of aryl methyl sites for hydroxylation is 1. The largest absolute Gasteiger partial charge is 0.495 e. The third kappa shape index (κ3) is 8.39. The highest BCUT2D eigenvalue weighted by Gasteiger charge is 2.27. The fraction of sp³-hybridized carbons (Fsp3) is 0.129. The highest BCUT2D eigenvalue weighted by atomic mass is 32.2. The van der Waals surface area contributed by atoms with Gasteiger partial charge in [0.1, 0.15) is 23.9 Å². The SMILES string of the molecule is COc1ccccc1NC(=O)COc1ccc(/C=N\NC(=O)CN(c2ccc(C)cc2)S(=O)(=O)c2ccc(F)cc2)cc1. The zero-order valence-electron chi connectivity index (χ0n) is 23.4. The van der Waals surface area contributed by atoms with Crippen molar-refractivity contribution < 1.29 is 31.9 Å². The summed E-state index contributed by atoms with van der Waals surface area (Å²) in [7, 11) is -2.68. The van der Waals surface area contributed by atoms with E-state index in [9.17, 15) is 22.4 Å². The van der Waals surface area contributed by atoms with Crippen LogP contribution in [0.3, 0.4) is 0 Å². The zero-order valence-corrected chi connectivity index (χ0v) is 24.2. The fourth-order valence-corrected chi connectivity index (χ4v) is 5.26. The first-order valence-electron chi connectivity index (χ1n) is 13.0. The Bertz CT molecular complexity index is 1690. The first-order valence-corrected chi connectivity index (χ1v) is 14.4. The van der Waals surface area contributed by atoms with Crippen LogP contribution in [0.4, 0.5) is 15.8 Å². The van der Waals surface area contributed by atoms with Gasteiger partial charge in [-0.25, -0.2) is 18.2 Å². The number of rotatable bonds is 12. The van der Waals surface area contributed by atoms with E-state index in [1.165, 1.54) is 13.3 Å². The lowest BCUT2D eigenvalue weighted by Crippen LogP contribution is -2.39. The van der Waals surface area contributed by atoms with Crippen LogP contribution < -0.4 is 24.5 Å². The molecule has 4 rings (SSSR count). The maximum absolute atomic E-state index is 13.4. The molecule has 0 unspecified atom stereocenters. The lowest BCUT2D eigenvalue weighted by molar-refractivity contribution is -0.119. The summed E-state index contributed by atoms with van der Waals surface area (Å²) in [6, 6.07) is 24.6. The molecule has 4 aromatic rings. The Morgan fingerprint density at radius 3 is 2.26 bits per heavy atom. The van der Waals surface area contributed by atoms with Crippen molar-refractivity contribution in [1.29, 1.82) is 0 Å². The molecule has 0 aliphatic carbocycles. The predicted octanol–water partition coefficient (Wildman–Crippen LogP) is 4.51. The Labute approximate surface area is 248 Å². The molecular formula is C31H29FN4O6S. The molecule has 0 fully saturated rings. The van der Waals surface area contributed by atoms with Crippen molar-refractivity contribution in [2.45, 2.75) is 11.8 Å². The Hall–Kier alpha value is -5.23. The fourth-order valence-electron chi connectivity index (χ4n) is 3.84. The minimum absolute atomic E-state index is 0.162. The summed E-state index contributed by atoms with van der Waals surface area (Å²) in [4.78, 5) is 24.8. The second-order valence-electron chi connectivity index (χ2n) is 9.20. The lowest BCUT2D eigenvalue weighted by atomic mass is 10.2. The minimum Gasteiger partial charge on any atom is -0.495 e. The second-order valence-corrected chi connectivity index (χ2v) is 11.1. The Balaban J connectivity index is 1.34. The van der Waals surface area contributed by atoms with E-state index < -0.39 is 28.3 Å². The first kappa shape index (κ1) is 30.7. The van der Waals surface area contributed by atoms with Crippen molar-refractivity contribution in [3.8, 4) is 11.5 Å². The molecule has 4 aromatic carbocycles. The summed E-state index contributed by atoms with van der Waals surface area (Å²) in [5.74, 6) is -0.662. The van der Waals surface area contributed by atoms with Crippen LogP contribution in [-0.4, -0.2) is 46.7 Å². The highest BCUT2D eigenvalue weighted by molar-refractivity contribution is 7.92. The molecule has 43 heavy (non-hydrogen) atoms. The van der Waals surface area contributed by atoms with E-state index in [0.717, 1.165) is 34.1 Å². The van der Waals surface area contributed by atoms with E-state index >= 15 is 0 Å². The smallest absolute Gasteiger partial charge is 0.264 e. The van der Waals surface area contributed by atoms with E-state index in [2.05, 4.69) is 15.8 Å². The molecule has 222 valence electrons. The number of halogens is 1. The summed E-state index contributed by atoms with van der Waals surface area (Å²) in [5, 5.41) is 6.65. The maximum Gasteiger partial charge on any atom is 0.264 e. The van der Waals surface area contributed by atoms with Gasteiger partial charge >= 0.3 is 0 Å². The van der Waals surface area contributed by atoms with Gasteiger partial charge < -0.3 is 14.8 Å². The van der Waals surface area contributed by atoms with Crippen molar-refractivity contribution in [3.05, 3.63) is 114 Å². The van der Waals surface area contributed by atoms with Crippen LogP contribution in [0.15, 0.2) is 107 Å². The van der Waals surface area contributed by atoms with Crippen LogP contribution in [0, 0.1) is 12.7 Å². The van der Waals surface area contributed by atoms with Gasteiger partial charge in [0.2, 0.25) is 0 Å². The number of hydrogen-bond acceptors (Lipinski definition) is 7. The topological polar surface area (TPSA) is 126 Å². The number of nitrogens with one attached hydrogen (secondary N) is 2. The Kier molecular flexibility index (Phi) is 10.1. The number of hydrazone groups is 1. The third-order valence-corrected chi connectivity index (χ3v) is 7.83. The molecule has 10 nitrogen and oxygen atoms in total. The average Bonchev–Trinajstić information content (AvgIpc) is 3.00. The molecule has 0 aliphatic rings. The molecule has 2 N–H and O–H groups in total. The number of carbonyl (C=O) groups excluding carboxylic acids is 2. The number of amides is 2. The summed E-state index contributed by atoms with van der Waals surface area (Å²) in [6.07, 6.45) is 1.38. The molecule has 0 spiro atoms. The Morgan fingerprint density at radius 2 is 1.58 bits per heavy atom. The quantitative estimate of drug-likeness (QED) is 0.181. The summed E-state index contributed by atoms with van der Waals surface area (Å²) >= 11 is 0. The second kappa shape index (κ2) is 14.1. The van der Waals surface area contributed by atoms with E-state index in [4.69, 9.17) is 9.47 Å². The van der Waals surface area contributed by atoms with Gasteiger partial charge in [-0.1, -0.05) is 29.8 Å². The van der Waals surface area contributed by atoms with Crippen LogP contribution in [0.5, 0.6) is 11.5 Å². The number of anilines is 2. The van der Waals surface area contributed by atoms with Crippen LogP contribution in [0.1, 0.15) is 11.1 Å². The number of hydrogen-bond donors (Lipinski definition) is 2. The van der Waals surface area contributed by atoms with Gasteiger partial charge in [-0.15, -0.1) is 0 Å². The first-order chi connectivity index (χ1) is 20.7. The lowest BCUT2D eigenvalue weighted by Gasteiger charge is -2.23. The predicted molar refractivity (Wildman–Crippen MR) is 161 cm³/mol. The number of methoxy groups -OCH3 is 1. The average molecular weight is 605 g/mol. The number of ether oxygens (including phenoxy) is 2. The van der Waals surface area contributed by atoms with Gasteiger partial charge in [-0.2, -0.15) is 5.10 Å². The van der Waals surface area contributed by atoms with E-state index in [0.29, 0.717) is 22.7 Å². The number of nitrogens with zero attached hydrogens (tertiary/aromatic N) is 2. The van der Waals surface area contributed by atoms with Crippen molar-refractivity contribution in [3.63, 3.8) is 0 Å². The molecule has 0 atom stereocenters. The number of benzene rings is 4. The normalized spacial score (nSPS) is 11.1. The van der Waals surface area contributed by atoms with Crippen LogP contribution in [-0.2, 0) is 19.6 Å². The number of para-hydroxylation sites is 2. The van der Waals surface area contributed by atoms with Crippen LogP contribution >= 0.6 is 0 Å². The van der Waals surface area contributed by atoms with E-state index in [1.54, 1.807) is 72.8 Å². The molecular weight excluding hydrogens is 575 g/mol. The zero-order chi connectivity index (χ0) is 30.8. The third-order valence-electron chi connectivity index (χ3n) is 6.04. The van der Waals surface area contributed by atoms with E-state index in [-0.39, 0.29) is 23.1 Å². The molecule has 0 aliphatic heterocycles. The molecule has 0 bridgehead atoms. The van der Waals surface area contributed by atoms with Crippen molar-refractivity contribution in [2.24, 2.45) is 5.10 Å². The molecule has 0 saturated heterocycles. The van der Waals surface area contributed by atoms with Gasteiger partial charge in [0.25, 0.3) is 21.8 Å². The van der Waals surface area contributed by atoms with Crippen LogP contribution in [0.2, 0.25) is 0 Å². The van der Waals surface area contributed by atoms with Crippen molar-refractivity contribution in [1.82, 2.24) is 5.43 Å². The Morgan fingerprint density at radius 1 is 0.907 bits per heavy atom. The molecule has 0 aromatic heterocycles. The maximum atomic E-state index is 13.4. The summed E-state index contributed by atoms with van der Waals surface area (Å²) in [5.41, 5.74) is 4.65. The molecule has 0 saturated carbocycles. The van der Waals surface area contributed by atoms with Gasteiger partial charge in [0.15, 0.2) is 6.61 Å². The van der Waals surface area contributed by atoms with Gasteiger partial charge in [0.05, 0.1) is 29.6 Å². The van der Waals surface area contributed by atoms with E-state index in [1.807, 2.05) is 6.92 Å². The standard InChI is InChI=1S/C31H29FN4O6S/c1-22-7-13-25(14-8-22)36(43(39,40)27-17-11-24(32)12-18-27)20-30(37)35-33-19-23-9-15-26(16-10-23)42-21-31(38)34-28-5-3-4-6-29(28)41-2/h3-19H,20-21H2,1-2H3,(H,34,38)(H,35,37)/b33-19-. The molecule has 0 radical (unpaired) electrons. The number of sulfonamides is 1. The molecule has 12 heteroatoms. The van der Waals surface area contributed by atoms with Gasteiger partial charge in [-0.3, -0.25) is 13.9 Å². The monoisotopic (exact) mass is 604 g/mol. The summed E-state index contributed by atoms with van der Waals surface area (Å²) < 4.78 is 51.8. The van der Waals surface area contributed by atoms with Crippen molar-refractivity contribution in [2.75, 3.05) is 29.9 Å². The molecule has 2 amide bonds. The van der Waals surface area contributed by atoms with Crippen molar-refractivity contribution >= 4 is 39.4 Å². The molecule has 0 heterocycles. The number of carbonyl (C=O) groups is 2. The van der Waals surface area contributed by atoms with Gasteiger partial charge in [0, 0.05) is 0 Å². The highest BCUT2D eigenvalue weighted by Crippen LogP contribution is 2.25.